The lowest BCUT2D eigenvalue weighted by Gasteiger charge is -2.09. The largest absolute Gasteiger partial charge is 0.462 e. The summed E-state index contributed by atoms with van der Waals surface area (Å²) >= 11 is 1.37. The van der Waals surface area contributed by atoms with Gasteiger partial charge in [0.05, 0.1) is 18.7 Å². The zero-order chi connectivity index (χ0) is 14.4. The van der Waals surface area contributed by atoms with E-state index in [1.807, 2.05) is 20.8 Å². The summed E-state index contributed by atoms with van der Waals surface area (Å²) in [4.78, 5) is 24.4. The molecule has 1 rings (SSSR count). The molecule has 0 radical (unpaired) electrons. The highest BCUT2D eigenvalue weighted by Crippen LogP contribution is 2.28. The van der Waals surface area contributed by atoms with Crippen LogP contribution in [0, 0.1) is 6.92 Å². The molecular formula is C13H20N2O3S. The molecule has 6 heteroatoms. The molecule has 0 spiro atoms. The number of carbonyl (C=O) groups excluding carboxylic acids is 2. The van der Waals surface area contributed by atoms with Gasteiger partial charge in [-0.25, -0.2) is 4.79 Å². The van der Waals surface area contributed by atoms with Gasteiger partial charge < -0.3 is 15.4 Å². The maximum Gasteiger partial charge on any atom is 0.341 e. The van der Waals surface area contributed by atoms with Gasteiger partial charge in [0.1, 0.15) is 5.00 Å². The molecule has 0 saturated carbocycles. The summed E-state index contributed by atoms with van der Waals surface area (Å²) in [6.45, 7) is 8.10. The van der Waals surface area contributed by atoms with E-state index in [-0.39, 0.29) is 18.5 Å². The zero-order valence-electron chi connectivity index (χ0n) is 11.7. The van der Waals surface area contributed by atoms with Gasteiger partial charge in [-0.1, -0.05) is 13.8 Å². The Hall–Kier alpha value is -1.40. The second-order valence-corrected chi connectivity index (χ2v) is 5.66. The van der Waals surface area contributed by atoms with Crippen molar-refractivity contribution in [3.63, 3.8) is 0 Å². The van der Waals surface area contributed by atoms with Crippen LogP contribution in [0.4, 0.5) is 5.00 Å². The van der Waals surface area contributed by atoms with Crippen LogP contribution in [0.3, 0.4) is 0 Å². The molecule has 106 valence electrons. The Bertz CT molecular complexity index is 455. The Kier molecular flexibility index (Phi) is 5.98. The van der Waals surface area contributed by atoms with Crippen LogP contribution in [0.2, 0.25) is 0 Å². The summed E-state index contributed by atoms with van der Waals surface area (Å²) in [5.41, 5.74) is 0.419. The molecule has 19 heavy (non-hydrogen) atoms. The monoisotopic (exact) mass is 284 g/mol. The van der Waals surface area contributed by atoms with E-state index >= 15 is 0 Å². The average Bonchev–Trinajstić information content (AvgIpc) is 2.68. The predicted octanol–water partition coefficient (Wildman–Crippen LogP) is 2.17. The molecule has 0 fully saturated rings. The number of aryl methyl sites for hydroxylation is 1. The number of carbonyl (C=O) groups is 2. The molecule has 1 aromatic rings. The van der Waals surface area contributed by atoms with Gasteiger partial charge in [-0.15, -0.1) is 11.3 Å². The van der Waals surface area contributed by atoms with Crippen LogP contribution in [0.25, 0.3) is 0 Å². The van der Waals surface area contributed by atoms with Crippen LogP contribution in [-0.2, 0) is 9.53 Å². The van der Waals surface area contributed by atoms with Crippen molar-refractivity contribution in [2.24, 2.45) is 0 Å². The molecule has 1 heterocycles. The first kappa shape index (κ1) is 15.7. The second kappa shape index (κ2) is 7.25. The number of hydrogen-bond acceptors (Lipinski definition) is 5. The van der Waals surface area contributed by atoms with Gasteiger partial charge in [0.25, 0.3) is 0 Å². The van der Waals surface area contributed by atoms with E-state index in [2.05, 4.69) is 10.6 Å². The smallest absolute Gasteiger partial charge is 0.341 e. The van der Waals surface area contributed by atoms with Crippen LogP contribution in [0.1, 0.15) is 36.0 Å². The minimum absolute atomic E-state index is 0.166. The lowest BCUT2D eigenvalue weighted by Crippen LogP contribution is -2.32. The minimum atomic E-state index is -0.404. The maximum absolute atomic E-state index is 11.7. The average molecular weight is 284 g/mol. The van der Waals surface area contributed by atoms with Crippen LogP contribution in [-0.4, -0.2) is 31.1 Å². The standard InChI is InChI=1S/C13H20N2O3S/c1-5-18-13(17)10-6-9(4)19-12(10)15-11(16)7-14-8(2)3/h6,8,14H,5,7H2,1-4H3,(H,15,16). The molecule has 0 atom stereocenters. The fraction of sp³-hybridized carbons (Fsp3) is 0.538. The highest BCUT2D eigenvalue weighted by Gasteiger charge is 2.17. The van der Waals surface area contributed by atoms with Gasteiger partial charge in [0.15, 0.2) is 0 Å². The van der Waals surface area contributed by atoms with Crippen LogP contribution >= 0.6 is 11.3 Å². The highest BCUT2D eigenvalue weighted by atomic mass is 32.1. The molecule has 5 nitrogen and oxygen atoms in total. The van der Waals surface area contributed by atoms with Crippen LogP contribution in [0.15, 0.2) is 6.07 Å². The third-order valence-corrected chi connectivity index (χ3v) is 3.24. The number of rotatable bonds is 6. The van der Waals surface area contributed by atoms with E-state index in [1.165, 1.54) is 11.3 Å². The Labute approximate surface area is 117 Å². The zero-order valence-corrected chi connectivity index (χ0v) is 12.5. The van der Waals surface area contributed by atoms with Crippen molar-refractivity contribution in [2.75, 3.05) is 18.5 Å². The van der Waals surface area contributed by atoms with E-state index in [1.54, 1.807) is 13.0 Å². The topological polar surface area (TPSA) is 67.4 Å². The van der Waals surface area contributed by atoms with Crippen molar-refractivity contribution in [3.8, 4) is 0 Å². The Morgan fingerprint density at radius 2 is 2.11 bits per heavy atom. The minimum Gasteiger partial charge on any atom is -0.462 e. The molecule has 1 aromatic heterocycles. The first-order valence-corrected chi connectivity index (χ1v) is 7.06. The molecule has 2 N–H and O–H groups in total. The van der Waals surface area contributed by atoms with Crippen molar-refractivity contribution in [1.82, 2.24) is 5.32 Å². The van der Waals surface area contributed by atoms with Gasteiger partial charge >= 0.3 is 5.97 Å². The van der Waals surface area contributed by atoms with E-state index < -0.39 is 5.97 Å². The Morgan fingerprint density at radius 1 is 1.42 bits per heavy atom. The van der Waals surface area contributed by atoms with Crippen molar-refractivity contribution in [3.05, 3.63) is 16.5 Å². The molecule has 0 unspecified atom stereocenters. The van der Waals surface area contributed by atoms with E-state index in [0.29, 0.717) is 17.2 Å². The third kappa shape index (κ3) is 5.00. The predicted molar refractivity (Wildman–Crippen MR) is 76.8 cm³/mol. The maximum atomic E-state index is 11.7. The number of thiophene rings is 1. The summed E-state index contributed by atoms with van der Waals surface area (Å²) in [5.74, 6) is -0.569. The van der Waals surface area contributed by atoms with Crippen LogP contribution < -0.4 is 10.6 Å². The van der Waals surface area contributed by atoms with Crippen molar-refractivity contribution >= 4 is 28.2 Å². The van der Waals surface area contributed by atoms with E-state index in [0.717, 1.165) is 4.88 Å². The van der Waals surface area contributed by atoms with Crippen molar-refractivity contribution < 1.29 is 14.3 Å². The second-order valence-electron chi connectivity index (χ2n) is 4.40. The summed E-state index contributed by atoms with van der Waals surface area (Å²) in [6.07, 6.45) is 0. The van der Waals surface area contributed by atoms with Gasteiger partial charge in [0, 0.05) is 10.9 Å². The summed E-state index contributed by atoms with van der Waals surface area (Å²) < 4.78 is 4.96. The summed E-state index contributed by atoms with van der Waals surface area (Å²) in [5, 5.41) is 6.31. The van der Waals surface area contributed by atoms with Crippen LogP contribution in [0.5, 0.6) is 0 Å². The molecule has 0 aromatic carbocycles. The van der Waals surface area contributed by atoms with Crippen molar-refractivity contribution in [2.45, 2.75) is 33.7 Å². The molecule has 0 saturated heterocycles. The molecule has 0 aliphatic carbocycles. The number of anilines is 1. The number of hydrogen-bond donors (Lipinski definition) is 2. The first-order valence-electron chi connectivity index (χ1n) is 6.24. The number of nitrogens with one attached hydrogen (secondary N) is 2. The molecule has 1 amide bonds. The quantitative estimate of drug-likeness (QED) is 0.786. The van der Waals surface area contributed by atoms with Gasteiger partial charge in [0.2, 0.25) is 5.91 Å². The van der Waals surface area contributed by atoms with Gasteiger partial charge in [-0.3, -0.25) is 4.79 Å². The normalized spacial score (nSPS) is 10.6. The fourth-order valence-electron chi connectivity index (χ4n) is 1.44. The third-order valence-electron chi connectivity index (χ3n) is 2.27. The molecule has 0 aliphatic rings. The Balaban J connectivity index is 2.72. The van der Waals surface area contributed by atoms with E-state index in [4.69, 9.17) is 4.74 Å². The summed E-state index contributed by atoms with van der Waals surface area (Å²) in [7, 11) is 0. The lowest BCUT2D eigenvalue weighted by molar-refractivity contribution is -0.115. The number of esters is 1. The fourth-order valence-corrected chi connectivity index (χ4v) is 2.35. The Morgan fingerprint density at radius 3 is 2.68 bits per heavy atom. The van der Waals surface area contributed by atoms with E-state index in [9.17, 15) is 9.59 Å². The summed E-state index contributed by atoms with van der Waals surface area (Å²) in [6, 6.07) is 1.97. The molecule has 0 aliphatic heterocycles. The number of amides is 1. The number of ether oxygens (including phenoxy) is 1. The van der Waals surface area contributed by atoms with Gasteiger partial charge in [-0.05, 0) is 19.9 Å². The van der Waals surface area contributed by atoms with Crippen molar-refractivity contribution in [1.29, 1.82) is 0 Å². The first-order chi connectivity index (χ1) is 8.93. The SMILES string of the molecule is CCOC(=O)c1cc(C)sc1NC(=O)CNC(C)C. The molecule has 0 bridgehead atoms. The lowest BCUT2D eigenvalue weighted by atomic mass is 10.3. The highest BCUT2D eigenvalue weighted by molar-refractivity contribution is 7.16. The van der Waals surface area contributed by atoms with Gasteiger partial charge in [-0.2, -0.15) is 0 Å². The molecular weight excluding hydrogens is 264 g/mol.